The third kappa shape index (κ3) is 3.67. The van der Waals surface area contributed by atoms with Gasteiger partial charge in [-0.25, -0.2) is 9.80 Å². The molecule has 1 aromatic heterocycles. The molecule has 0 N–H and O–H groups in total. The quantitative estimate of drug-likeness (QED) is 0.640. The van der Waals surface area contributed by atoms with Crippen molar-refractivity contribution in [1.29, 1.82) is 0 Å². The van der Waals surface area contributed by atoms with E-state index in [0.29, 0.717) is 17.9 Å². The van der Waals surface area contributed by atoms with Crippen molar-refractivity contribution in [3.63, 3.8) is 0 Å². The van der Waals surface area contributed by atoms with E-state index in [-0.39, 0.29) is 12.5 Å². The van der Waals surface area contributed by atoms with Gasteiger partial charge in [-0.3, -0.25) is 4.79 Å². The fourth-order valence-electron chi connectivity index (χ4n) is 3.28. The highest BCUT2D eigenvalue weighted by molar-refractivity contribution is 6.02. The number of hydrazone groups is 1. The summed E-state index contributed by atoms with van der Waals surface area (Å²) in [5.41, 5.74) is 2.91. The van der Waals surface area contributed by atoms with Crippen molar-refractivity contribution in [1.82, 2.24) is 5.01 Å². The van der Waals surface area contributed by atoms with Gasteiger partial charge in [-0.2, -0.15) is 5.10 Å². The Bertz CT molecular complexity index is 1100. The monoisotopic (exact) mass is 376 g/mol. The highest BCUT2D eigenvalue weighted by Crippen LogP contribution is 2.23. The lowest BCUT2D eigenvalue weighted by atomic mass is 10.1. The second-order valence-corrected chi connectivity index (χ2v) is 6.57. The highest BCUT2D eigenvalue weighted by Gasteiger charge is 2.21. The number of hydrogen-bond acceptors (Lipinski definition) is 5. The maximum atomic E-state index is 12.4. The number of ether oxygens (including phenoxy) is 1. The van der Waals surface area contributed by atoms with Gasteiger partial charge < -0.3 is 9.15 Å². The van der Waals surface area contributed by atoms with E-state index in [1.807, 2.05) is 43.3 Å². The van der Waals surface area contributed by atoms with Crippen molar-refractivity contribution in [2.45, 2.75) is 19.8 Å². The van der Waals surface area contributed by atoms with Gasteiger partial charge in [-0.15, -0.1) is 0 Å². The largest absolute Gasteiger partial charge is 0.484 e. The van der Waals surface area contributed by atoms with Crippen LogP contribution in [0.2, 0.25) is 0 Å². The molecule has 4 rings (SSSR count). The molecule has 142 valence electrons. The molecule has 0 unspecified atom stereocenters. The molecule has 0 saturated heterocycles. The van der Waals surface area contributed by atoms with E-state index in [2.05, 4.69) is 5.10 Å². The third-order valence-electron chi connectivity index (χ3n) is 4.74. The standard InChI is InChI=1S/C22H20N2O4/c1-2-15-12-22(26)28-20-13-17(8-9-18(15)20)27-14-21(25)24-11-10-19(23-24)16-6-4-3-5-7-16/h3-9,12-13H,2,10-11,14H2,1H3. The smallest absolute Gasteiger partial charge is 0.336 e. The predicted octanol–water partition coefficient (Wildman–Crippen LogP) is 3.37. The van der Waals surface area contributed by atoms with Crippen LogP contribution in [-0.4, -0.2) is 29.8 Å². The van der Waals surface area contributed by atoms with Crippen LogP contribution in [0.5, 0.6) is 5.75 Å². The summed E-state index contributed by atoms with van der Waals surface area (Å²) in [4.78, 5) is 24.1. The topological polar surface area (TPSA) is 72.1 Å². The molecule has 0 saturated carbocycles. The van der Waals surface area contributed by atoms with Crippen LogP contribution in [-0.2, 0) is 11.2 Å². The van der Waals surface area contributed by atoms with E-state index in [0.717, 1.165) is 35.1 Å². The Morgan fingerprint density at radius 3 is 2.79 bits per heavy atom. The molecule has 0 aliphatic carbocycles. The highest BCUT2D eigenvalue weighted by atomic mass is 16.5. The first-order valence-corrected chi connectivity index (χ1v) is 9.27. The number of nitrogens with zero attached hydrogens (tertiary/aromatic N) is 2. The molecule has 0 bridgehead atoms. The van der Waals surface area contributed by atoms with Crippen LogP contribution in [0.15, 0.2) is 68.9 Å². The molecule has 6 heteroatoms. The van der Waals surface area contributed by atoms with Crippen LogP contribution in [0, 0.1) is 0 Å². The Kier molecular flexibility index (Phi) is 4.93. The van der Waals surface area contributed by atoms with Crippen LogP contribution >= 0.6 is 0 Å². The Morgan fingerprint density at radius 1 is 1.18 bits per heavy atom. The summed E-state index contributed by atoms with van der Waals surface area (Å²) in [7, 11) is 0. The van der Waals surface area contributed by atoms with E-state index in [9.17, 15) is 9.59 Å². The van der Waals surface area contributed by atoms with Gasteiger partial charge >= 0.3 is 5.63 Å². The second kappa shape index (κ2) is 7.68. The number of fused-ring (bicyclic) bond motifs is 1. The summed E-state index contributed by atoms with van der Waals surface area (Å²) in [5.74, 6) is 0.263. The molecule has 2 heterocycles. The van der Waals surface area contributed by atoms with Crippen LogP contribution in [0.3, 0.4) is 0 Å². The van der Waals surface area contributed by atoms with Crippen molar-refractivity contribution in [3.8, 4) is 5.75 Å². The molecule has 1 aliphatic rings. The van der Waals surface area contributed by atoms with E-state index in [1.54, 1.807) is 12.1 Å². The summed E-state index contributed by atoms with van der Waals surface area (Å²) in [6.07, 6.45) is 1.45. The van der Waals surface area contributed by atoms with Gasteiger partial charge in [0.05, 0.1) is 12.3 Å². The minimum absolute atomic E-state index is 0.130. The van der Waals surface area contributed by atoms with Gasteiger partial charge in [0.25, 0.3) is 5.91 Å². The first-order valence-electron chi connectivity index (χ1n) is 9.27. The van der Waals surface area contributed by atoms with E-state index in [1.165, 1.54) is 11.1 Å². The van der Waals surface area contributed by atoms with Gasteiger partial charge in [0, 0.05) is 23.9 Å². The fraction of sp³-hybridized carbons (Fsp3) is 0.227. The Labute approximate surface area is 162 Å². The van der Waals surface area contributed by atoms with Crippen molar-refractivity contribution in [2.75, 3.05) is 13.2 Å². The number of carbonyl (C=O) groups is 1. The Morgan fingerprint density at radius 2 is 2.00 bits per heavy atom. The zero-order valence-corrected chi connectivity index (χ0v) is 15.6. The van der Waals surface area contributed by atoms with Gasteiger partial charge in [-0.05, 0) is 29.7 Å². The molecular formula is C22H20N2O4. The van der Waals surface area contributed by atoms with Crippen molar-refractivity contribution >= 4 is 22.6 Å². The van der Waals surface area contributed by atoms with Gasteiger partial charge in [0.2, 0.25) is 0 Å². The van der Waals surface area contributed by atoms with E-state index >= 15 is 0 Å². The van der Waals surface area contributed by atoms with Crippen LogP contribution < -0.4 is 10.4 Å². The number of carbonyl (C=O) groups excluding carboxylic acids is 1. The molecular weight excluding hydrogens is 356 g/mol. The molecule has 6 nitrogen and oxygen atoms in total. The molecule has 0 radical (unpaired) electrons. The first kappa shape index (κ1) is 18.0. The fourth-order valence-corrected chi connectivity index (χ4v) is 3.28. The predicted molar refractivity (Wildman–Crippen MR) is 107 cm³/mol. The van der Waals surface area contributed by atoms with Crippen molar-refractivity contribution in [3.05, 3.63) is 76.1 Å². The maximum Gasteiger partial charge on any atom is 0.336 e. The lowest BCUT2D eigenvalue weighted by molar-refractivity contribution is -0.132. The first-order chi connectivity index (χ1) is 13.6. The zero-order valence-electron chi connectivity index (χ0n) is 15.6. The lowest BCUT2D eigenvalue weighted by Gasteiger charge is -2.12. The maximum absolute atomic E-state index is 12.4. The lowest BCUT2D eigenvalue weighted by Crippen LogP contribution is -2.28. The summed E-state index contributed by atoms with van der Waals surface area (Å²) >= 11 is 0. The molecule has 1 aliphatic heterocycles. The molecule has 28 heavy (non-hydrogen) atoms. The number of amides is 1. The molecule has 3 aromatic rings. The number of hydrogen-bond donors (Lipinski definition) is 0. The van der Waals surface area contributed by atoms with Gasteiger partial charge in [0.15, 0.2) is 6.61 Å². The normalized spacial score (nSPS) is 13.6. The van der Waals surface area contributed by atoms with E-state index in [4.69, 9.17) is 9.15 Å². The van der Waals surface area contributed by atoms with Crippen molar-refractivity contribution in [2.24, 2.45) is 5.10 Å². The summed E-state index contributed by atoms with van der Waals surface area (Å²) in [6.45, 7) is 2.39. The van der Waals surface area contributed by atoms with Crippen LogP contribution in [0.4, 0.5) is 0 Å². The Balaban J connectivity index is 1.45. The molecule has 1 amide bonds. The number of benzene rings is 2. The van der Waals surface area contributed by atoms with Crippen LogP contribution in [0.1, 0.15) is 24.5 Å². The van der Waals surface area contributed by atoms with Crippen LogP contribution in [0.25, 0.3) is 11.0 Å². The molecule has 0 spiro atoms. The Hall–Kier alpha value is -3.41. The van der Waals surface area contributed by atoms with Crippen molar-refractivity contribution < 1.29 is 13.9 Å². The molecule has 0 atom stereocenters. The van der Waals surface area contributed by atoms with Gasteiger partial charge in [0.1, 0.15) is 11.3 Å². The minimum atomic E-state index is -0.391. The minimum Gasteiger partial charge on any atom is -0.484 e. The summed E-state index contributed by atoms with van der Waals surface area (Å²) < 4.78 is 10.9. The average molecular weight is 376 g/mol. The summed E-state index contributed by atoms with van der Waals surface area (Å²) in [6, 6.07) is 16.6. The SMILES string of the molecule is CCc1cc(=O)oc2cc(OCC(=O)N3CCC(c4ccccc4)=N3)ccc12. The zero-order chi connectivity index (χ0) is 19.5. The van der Waals surface area contributed by atoms with E-state index < -0.39 is 5.63 Å². The number of rotatable bonds is 5. The van der Waals surface area contributed by atoms with Gasteiger partial charge in [-0.1, -0.05) is 37.3 Å². The average Bonchev–Trinajstić information content (AvgIpc) is 3.22. The number of aryl methyl sites for hydroxylation is 1. The molecule has 0 fully saturated rings. The second-order valence-electron chi connectivity index (χ2n) is 6.57. The molecule has 2 aromatic carbocycles. The third-order valence-corrected chi connectivity index (χ3v) is 4.74. The summed E-state index contributed by atoms with van der Waals surface area (Å²) in [5, 5.41) is 6.73.